The van der Waals surface area contributed by atoms with Crippen molar-refractivity contribution in [3.05, 3.63) is 29.8 Å². The molecule has 0 radical (unpaired) electrons. The van der Waals surface area contributed by atoms with Crippen LogP contribution in [0.3, 0.4) is 0 Å². The Hall–Kier alpha value is -1.48. The summed E-state index contributed by atoms with van der Waals surface area (Å²) in [4.78, 5) is 17.2. The van der Waals surface area contributed by atoms with Gasteiger partial charge in [0.05, 0.1) is 11.4 Å². The molecule has 1 N–H and O–H groups in total. The van der Waals surface area contributed by atoms with Crippen molar-refractivity contribution in [2.45, 2.75) is 44.0 Å². The highest BCUT2D eigenvalue weighted by Crippen LogP contribution is 2.23. The molecule has 162 valence electrons. The first-order chi connectivity index (χ1) is 14.0. The summed E-state index contributed by atoms with van der Waals surface area (Å²) in [7, 11) is -3.74. The van der Waals surface area contributed by atoms with E-state index in [-0.39, 0.29) is 23.4 Å². The largest absolute Gasteiger partial charge is 0.339 e. The molecule has 0 aliphatic carbocycles. The molecule has 2 saturated heterocycles. The molecule has 29 heavy (non-hydrogen) atoms. The van der Waals surface area contributed by atoms with Crippen LogP contribution in [0.15, 0.2) is 29.2 Å². The van der Waals surface area contributed by atoms with Crippen LogP contribution in [0.25, 0.3) is 0 Å². The van der Waals surface area contributed by atoms with E-state index in [2.05, 4.69) is 17.1 Å². The van der Waals surface area contributed by atoms with Crippen LogP contribution >= 0.6 is 0 Å². The standard InChI is InChI=1S/C21H34N4O3S/c1-3-18-7-9-20(10-8-18)29(27,28)25(16-19-6-5-13-23(19)4-2)17-21(26)24-14-11-22-12-15-24/h7-10,19,22H,3-6,11-17H2,1-2H3/t19-/m1/s1. The molecule has 2 aliphatic heterocycles. The topological polar surface area (TPSA) is 73.0 Å². The minimum absolute atomic E-state index is 0.0914. The molecule has 1 aromatic rings. The highest BCUT2D eigenvalue weighted by atomic mass is 32.2. The second-order valence-electron chi connectivity index (χ2n) is 7.85. The first-order valence-electron chi connectivity index (χ1n) is 10.8. The quantitative estimate of drug-likeness (QED) is 0.681. The predicted octanol–water partition coefficient (Wildman–Crippen LogP) is 1.16. The maximum atomic E-state index is 13.5. The Kier molecular flexibility index (Phi) is 7.67. The Balaban J connectivity index is 1.82. The SMILES string of the molecule is CCc1ccc(S(=O)(=O)N(CC(=O)N2CCNCC2)C[C@H]2CCCN2CC)cc1. The van der Waals surface area contributed by atoms with Gasteiger partial charge in [-0.2, -0.15) is 4.31 Å². The van der Waals surface area contributed by atoms with Gasteiger partial charge in [0.25, 0.3) is 0 Å². The smallest absolute Gasteiger partial charge is 0.243 e. The van der Waals surface area contributed by atoms with Crippen LogP contribution in [0.4, 0.5) is 0 Å². The van der Waals surface area contributed by atoms with E-state index in [1.807, 2.05) is 19.1 Å². The van der Waals surface area contributed by atoms with Crippen molar-refractivity contribution in [3.63, 3.8) is 0 Å². The summed E-state index contributed by atoms with van der Waals surface area (Å²) in [6.45, 7) is 9.07. The molecule has 2 fully saturated rings. The summed E-state index contributed by atoms with van der Waals surface area (Å²) < 4.78 is 28.3. The molecule has 8 heteroatoms. The summed E-state index contributed by atoms with van der Waals surface area (Å²) in [5.74, 6) is -0.110. The number of hydrogen-bond acceptors (Lipinski definition) is 5. The van der Waals surface area contributed by atoms with E-state index in [1.165, 1.54) is 4.31 Å². The normalized spacial score (nSPS) is 21.1. The van der Waals surface area contributed by atoms with Crippen LogP contribution < -0.4 is 5.32 Å². The Morgan fingerprint density at radius 3 is 2.45 bits per heavy atom. The Labute approximate surface area is 175 Å². The van der Waals surface area contributed by atoms with E-state index in [0.29, 0.717) is 19.6 Å². The van der Waals surface area contributed by atoms with Gasteiger partial charge < -0.3 is 10.2 Å². The summed E-state index contributed by atoms with van der Waals surface area (Å²) >= 11 is 0. The summed E-state index contributed by atoms with van der Waals surface area (Å²) in [5.41, 5.74) is 1.10. The number of piperazine rings is 1. The number of nitrogens with one attached hydrogen (secondary N) is 1. The van der Waals surface area contributed by atoms with Crippen LogP contribution in [-0.4, -0.2) is 86.8 Å². The minimum atomic E-state index is -3.74. The van der Waals surface area contributed by atoms with Crippen molar-refractivity contribution < 1.29 is 13.2 Å². The summed E-state index contributed by atoms with van der Waals surface area (Å²) in [6, 6.07) is 7.22. The zero-order valence-electron chi connectivity index (χ0n) is 17.6. The van der Waals surface area contributed by atoms with Crippen molar-refractivity contribution in [3.8, 4) is 0 Å². The highest BCUT2D eigenvalue weighted by molar-refractivity contribution is 7.89. The maximum absolute atomic E-state index is 13.5. The second-order valence-corrected chi connectivity index (χ2v) is 9.79. The Bertz CT molecular complexity index is 776. The molecule has 1 amide bonds. The van der Waals surface area contributed by atoms with Crippen molar-refractivity contribution in [2.24, 2.45) is 0 Å². The van der Waals surface area contributed by atoms with Gasteiger partial charge in [-0.3, -0.25) is 9.69 Å². The fraction of sp³-hybridized carbons (Fsp3) is 0.667. The predicted molar refractivity (Wildman–Crippen MR) is 114 cm³/mol. The summed E-state index contributed by atoms with van der Waals surface area (Å²) in [5, 5.41) is 3.23. The third-order valence-corrected chi connectivity index (χ3v) is 7.90. The molecule has 0 bridgehead atoms. The van der Waals surface area contributed by atoms with Crippen molar-refractivity contribution in [2.75, 3.05) is 52.4 Å². The zero-order chi connectivity index (χ0) is 20.9. The Morgan fingerprint density at radius 1 is 1.14 bits per heavy atom. The lowest BCUT2D eigenvalue weighted by Gasteiger charge is -2.32. The Morgan fingerprint density at radius 2 is 1.83 bits per heavy atom. The van der Waals surface area contributed by atoms with E-state index < -0.39 is 10.0 Å². The van der Waals surface area contributed by atoms with Gasteiger partial charge in [-0.05, 0) is 50.0 Å². The van der Waals surface area contributed by atoms with E-state index in [1.54, 1.807) is 17.0 Å². The molecule has 2 aliphatic rings. The first kappa shape index (κ1) is 22.2. The number of benzene rings is 1. The van der Waals surface area contributed by atoms with E-state index in [0.717, 1.165) is 51.0 Å². The van der Waals surface area contributed by atoms with Gasteiger partial charge in [0, 0.05) is 38.8 Å². The number of rotatable bonds is 8. The zero-order valence-corrected chi connectivity index (χ0v) is 18.5. The molecular weight excluding hydrogens is 388 g/mol. The number of likely N-dealkylation sites (tertiary alicyclic amines) is 1. The maximum Gasteiger partial charge on any atom is 0.243 e. The molecule has 0 aromatic heterocycles. The lowest BCUT2D eigenvalue weighted by molar-refractivity contribution is -0.132. The van der Waals surface area contributed by atoms with Gasteiger partial charge >= 0.3 is 0 Å². The molecular formula is C21H34N4O3S. The third kappa shape index (κ3) is 5.36. The van der Waals surface area contributed by atoms with Crippen molar-refractivity contribution in [1.29, 1.82) is 0 Å². The number of carbonyl (C=O) groups is 1. The van der Waals surface area contributed by atoms with Gasteiger partial charge in [0.15, 0.2) is 0 Å². The number of sulfonamides is 1. The van der Waals surface area contributed by atoms with Crippen LogP contribution in [0, 0.1) is 0 Å². The van der Waals surface area contributed by atoms with Gasteiger partial charge in [0.2, 0.25) is 15.9 Å². The first-order valence-corrected chi connectivity index (χ1v) is 12.2. The van der Waals surface area contributed by atoms with Crippen LogP contribution in [0.2, 0.25) is 0 Å². The average molecular weight is 423 g/mol. The average Bonchev–Trinajstić information content (AvgIpc) is 3.21. The fourth-order valence-electron chi connectivity index (χ4n) is 4.21. The minimum Gasteiger partial charge on any atom is -0.339 e. The lowest BCUT2D eigenvalue weighted by atomic mass is 10.2. The molecule has 1 aromatic carbocycles. The molecule has 7 nitrogen and oxygen atoms in total. The number of aryl methyl sites for hydroxylation is 1. The van der Waals surface area contributed by atoms with E-state index >= 15 is 0 Å². The second kappa shape index (κ2) is 10.0. The molecule has 3 rings (SSSR count). The fourth-order valence-corrected chi connectivity index (χ4v) is 5.64. The van der Waals surface area contributed by atoms with Gasteiger partial charge in [-0.1, -0.05) is 26.0 Å². The van der Waals surface area contributed by atoms with Crippen LogP contribution in [-0.2, 0) is 21.2 Å². The molecule has 2 heterocycles. The number of nitrogens with zero attached hydrogens (tertiary/aromatic N) is 3. The summed E-state index contributed by atoms with van der Waals surface area (Å²) in [6.07, 6.45) is 2.90. The van der Waals surface area contributed by atoms with Crippen molar-refractivity contribution >= 4 is 15.9 Å². The van der Waals surface area contributed by atoms with Gasteiger partial charge in [-0.15, -0.1) is 0 Å². The molecule has 1 atom stereocenters. The molecule has 0 unspecified atom stereocenters. The van der Waals surface area contributed by atoms with E-state index in [9.17, 15) is 13.2 Å². The van der Waals surface area contributed by atoms with Crippen LogP contribution in [0.1, 0.15) is 32.3 Å². The number of carbonyl (C=O) groups excluding carboxylic acids is 1. The molecule has 0 spiro atoms. The van der Waals surface area contributed by atoms with E-state index in [4.69, 9.17) is 0 Å². The third-order valence-electron chi connectivity index (χ3n) is 6.07. The number of amides is 1. The number of hydrogen-bond donors (Lipinski definition) is 1. The van der Waals surface area contributed by atoms with Gasteiger partial charge in [-0.25, -0.2) is 8.42 Å². The highest BCUT2D eigenvalue weighted by Gasteiger charge is 2.34. The number of likely N-dealkylation sites (N-methyl/N-ethyl adjacent to an activating group) is 1. The van der Waals surface area contributed by atoms with Crippen LogP contribution in [0.5, 0.6) is 0 Å². The lowest BCUT2D eigenvalue weighted by Crippen LogP contribution is -2.52. The van der Waals surface area contributed by atoms with Crippen molar-refractivity contribution in [1.82, 2.24) is 19.4 Å². The molecule has 0 saturated carbocycles. The monoisotopic (exact) mass is 422 g/mol. The van der Waals surface area contributed by atoms with Gasteiger partial charge in [0.1, 0.15) is 0 Å².